The minimum atomic E-state index is -4.66. The molecule has 6 heteroatoms. The molecule has 0 saturated heterocycles. The summed E-state index contributed by atoms with van der Waals surface area (Å²) in [4.78, 5) is 3.82. The third-order valence-electron chi connectivity index (χ3n) is 1.96. The molecule has 17 heavy (non-hydrogen) atoms. The summed E-state index contributed by atoms with van der Waals surface area (Å²) >= 11 is 0. The quantitative estimate of drug-likeness (QED) is 0.487. The highest BCUT2D eigenvalue weighted by molar-refractivity contribution is 5.99. The first-order chi connectivity index (χ1) is 7.71. The van der Waals surface area contributed by atoms with Crippen LogP contribution in [0.3, 0.4) is 0 Å². The number of rotatable bonds is 2. The Balaban J connectivity index is 3.34. The van der Waals surface area contributed by atoms with Gasteiger partial charge in [0.1, 0.15) is 11.7 Å². The molecular formula is C11H12F4N2. The van der Waals surface area contributed by atoms with Gasteiger partial charge < -0.3 is 5.73 Å². The summed E-state index contributed by atoms with van der Waals surface area (Å²) in [5.74, 6) is -1.20. The van der Waals surface area contributed by atoms with Crippen molar-refractivity contribution in [2.75, 3.05) is 0 Å². The third kappa shape index (κ3) is 3.44. The Morgan fingerprint density at radius 1 is 1.29 bits per heavy atom. The van der Waals surface area contributed by atoms with E-state index in [2.05, 4.69) is 4.99 Å². The highest BCUT2D eigenvalue weighted by Gasteiger charge is 2.34. The first kappa shape index (κ1) is 13.5. The van der Waals surface area contributed by atoms with Gasteiger partial charge in [0.2, 0.25) is 0 Å². The van der Waals surface area contributed by atoms with Crippen molar-refractivity contribution in [2.24, 2.45) is 10.7 Å². The van der Waals surface area contributed by atoms with Crippen molar-refractivity contribution in [3.63, 3.8) is 0 Å². The van der Waals surface area contributed by atoms with Gasteiger partial charge in [-0.2, -0.15) is 13.2 Å². The predicted octanol–water partition coefficient (Wildman–Crippen LogP) is 2.96. The van der Waals surface area contributed by atoms with E-state index in [1.54, 1.807) is 13.8 Å². The molecule has 0 fully saturated rings. The van der Waals surface area contributed by atoms with Crippen LogP contribution in [0.1, 0.15) is 25.0 Å². The third-order valence-corrected chi connectivity index (χ3v) is 1.96. The molecule has 2 nitrogen and oxygen atoms in total. The maximum Gasteiger partial charge on any atom is 0.417 e. The monoisotopic (exact) mass is 248 g/mol. The summed E-state index contributed by atoms with van der Waals surface area (Å²) in [5, 5.41) is 0. The van der Waals surface area contributed by atoms with E-state index in [4.69, 9.17) is 5.73 Å². The van der Waals surface area contributed by atoms with Crippen LogP contribution in [0.25, 0.3) is 0 Å². The average Bonchev–Trinajstić information content (AvgIpc) is 2.14. The van der Waals surface area contributed by atoms with Gasteiger partial charge in [-0.3, -0.25) is 4.99 Å². The smallest absolute Gasteiger partial charge is 0.383 e. The van der Waals surface area contributed by atoms with E-state index in [-0.39, 0.29) is 17.4 Å². The second-order valence-electron chi connectivity index (χ2n) is 3.80. The van der Waals surface area contributed by atoms with Crippen LogP contribution < -0.4 is 5.73 Å². The minimum Gasteiger partial charge on any atom is -0.383 e. The Morgan fingerprint density at radius 3 is 2.35 bits per heavy atom. The van der Waals surface area contributed by atoms with Crippen molar-refractivity contribution in [1.29, 1.82) is 0 Å². The van der Waals surface area contributed by atoms with Crippen LogP contribution in [0.4, 0.5) is 17.6 Å². The molecule has 0 aromatic heterocycles. The molecule has 0 heterocycles. The molecule has 0 saturated carbocycles. The maximum atomic E-state index is 12.8. The van der Waals surface area contributed by atoms with Crippen LogP contribution in [0.5, 0.6) is 0 Å². The van der Waals surface area contributed by atoms with Crippen molar-refractivity contribution in [1.82, 2.24) is 0 Å². The summed E-state index contributed by atoms with van der Waals surface area (Å²) in [6, 6.07) is 2.09. The lowest BCUT2D eigenvalue weighted by molar-refractivity contribution is -0.137. The van der Waals surface area contributed by atoms with E-state index in [0.717, 1.165) is 12.1 Å². The highest BCUT2D eigenvalue weighted by Crippen LogP contribution is 2.32. The maximum absolute atomic E-state index is 12.8. The Bertz CT molecular complexity index is 436. The molecule has 0 radical (unpaired) electrons. The number of hydrogen-bond acceptors (Lipinski definition) is 1. The fourth-order valence-corrected chi connectivity index (χ4v) is 1.32. The molecule has 1 aromatic rings. The van der Waals surface area contributed by atoms with E-state index in [1.807, 2.05) is 0 Å². The molecule has 1 aromatic carbocycles. The Kier molecular flexibility index (Phi) is 3.75. The summed E-state index contributed by atoms with van der Waals surface area (Å²) in [6.45, 7) is 3.37. The molecule has 0 atom stereocenters. The largest absolute Gasteiger partial charge is 0.417 e. The van der Waals surface area contributed by atoms with Crippen LogP contribution in [0.15, 0.2) is 23.2 Å². The van der Waals surface area contributed by atoms with Crippen LogP contribution >= 0.6 is 0 Å². The van der Waals surface area contributed by atoms with E-state index in [1.165, 1.54) is 0 Å². The number of hydrogen-bond donors (Lipinski definition) is 1. The molecule has 2 N–H and O–H groups in total. The summed E-state index contributed by atoms with van der Waals surface area (Å²) in [5.41, 5.74) is 4.06. The number of nitrogens with two attached hydrogens (primary N) is 1. The van der Waals surface area contributed by atoms with Gasteiger partial charge in [0.15, 0.2) is 0 Å². The first-order valence-corrected chi connectivity index (χ1v) is 4.92. The SMILES string of the molecule is CC(C)N=C(N)c1ccc(F)cc1C(F)(F)F. The van der Waals surface area contributed by atoms with Crippen molar-refractivity contribution in [2.45, 2.75) is 26.1 Å². The van der Waals surface area contributed by atoms with Gasteiger partial charge >= 0.3 is 6.18 Å². The second kappa shape index (κ2) is 4.73. The molecule has 0 unspecified atom stereocenters. The van der Waals surface area contributed by atoms with Crippen molar-refractivity contribution in [3.05, 3.63) is 35.1 Å². The predicted molar refractivity (Wildman–Crippen MR) is 57.3 cm³/mol. The van der Waals surface area contributed by atoms with Gasteiger partial charge in [-0.25, -0.2) is 4.39 Å². The zero-order valence-corrected chi connectivity index (χ0v) is 9.35. The van der Waals surface area contributed by atoms with Gasteiger partial charge in [0.05, 0.1) is 5.56 Å². The minimum absolute atomic E-state index is 0.235. The average molecular weight is 248 g/mol. The molecule has 0 amide bonds. The molecular weight excluding hydrogens is 236 g/mol. The van der Waals surface area contributed by atoms with E-state index in [9.17, 15) is 17.6 Å². The lowest BCUT2D eigenvalue weighted by Crippen LogP contribution is -2.21. The normalized spacial score (nSPS) is 13.2. The standard InChI is InChI=1S/C11H12F4N2/c1-6(2)17-10(16)8-4-3-7(12)5-9(8)11(13,14)15/h3-6H,1-2H3,(H2,16,17). The molecule has 94 valence electrons. The van der Waals surface area contributed by atoms with E-state index >= 15 is 0 Å². The summed E-state index contributed by atoms with van der Waals surface area (Å²) in [6.07, 6.45) is -4.66. The lowest BCUT2D eigenvalue weighted by atomic mass is 10.1. The number of aliphatic imine (C=N–C) groups is 1. The van der Waals surface area contributed by atoms with Crippen molar-refractivity contribution in [3.8, 4) is 0 Å². The number of amidine groups is 1. The molecule has 0 bridgehead atoms. The number of halogens is 4. The zero-order chi connectivity index (χ0) is 13.2. The van der Waals surface area contributed by atoms with Gasteiger partial charge in [0, 0.05) is 11.6 Å². The Hall–Kier alpha value is -1.59. The van der Waals surface area contributed by atoms with Crippen LogP contribution in [-0.2, 0) is 6.18 Å². The van der Waals surface area contributed by atoms with Crippen molar-refractivity contribution >= 4 is 5.84 Å². The number of nitrogens with zero attached hydrogens (tertiary/aromatic N) is 1. The molecule has 0 aliphatic rings. The van der Waals surface area contributed by atoms with Crippen LogP contribution in [0, 0.1) is 5.82 Å². The Labute approximate surface area is 96.2 Å². The summed E-state index contributed by atoms with van der Waals surface area (Å²) < 4.78 is 50.8. The molecule has 0 aliphatic heterocycles. The fourth-order valence-electron chi connectivity index (χ4n) is 1.32. The second-order valence-corrected chi connectivity index (χ2v) is 3.80. The van der Waals surface area contributed by atoms with E-state index < -0.39 is 17.6 Å². The topological polar surface area (TPSA) is 38.4 Å². The number of benzene rings is 1. The van der Waals surface area contributed by atoms with Crippen LogP contribution in [-0.4, -0.2) is 11.9 Å². The van der Waals surface area contributed by atoms with Gasteiger partial charge in [-0.15, -0.1) is 0 Å². The zero-order valence-electron chi connectivity index (χ0n) is 9.35. The fraction of sp³-hybridized carbons (Fsp3) is 0.364. The van der Waals surface area contributed by atoms with E-state index in [0.29, 0.717) is 6.07 Å². The summed E-state index contributed by atoms with van der Waals surface area (Å²) in [7, 11) is 0. The molecule has 1 rings (SSSR count). The number of alkyl halides is 3. The first-order valence-electron chi connectivity index (χ1n) is 4.92. The van der Waals surface area contributed by atoms with Crippen molar-refractivity contribution < 1.29 is 17.6 Å². The highest BCUT2D eigenvalue weighted by atomic mass is 19.4. The van der Waals surface area contributed by atoms with Gasteiger partial charge in [0.25, 0.3) is 0 Å². The molecule has 0 aliphatic carbocycles. The molecule has 0 spiro atoms. The van der Waals surface area contributed by atoms with Gasteiger partial charge in [-0.05, 0) is 32.0 Å². The van der Waals surface area contributed by atoms with Crippen LogP contribution in [0.2, 0.25) is 0 Å². The lowest BCUT2D eigenvalue weighted by Gasteiger charge is -2.13. The Morgan fingerprint density at radius 2 is 1.88 bits per heavy atom. The van der Waals surface area contributed by atoms with Gasteiger partial charge in [-0.1, -0.05) is 0 Å².